The molecule has 0 unspecified atom stereocenters. The van der Waals surface area contributed by atoms with Crippen LogP contribution in [-0.2, 0) is 14.8 Å². The minimum Gasteiger partial charge on any atom is -0.493 e. The van der Waals surface area contributed by atoms with Crippen LogP contribution in [0.1, 0.15) is 5.56 Å². The van der Waals surface area contributed by atoms with Gasteiger partial charge in [-0.25, -0.2) is 8.42 Å². The van der Waals surface area contributed by atoms with Gasteiger partial charge in [0.15, 0.2) is 11.5 Å². The van der Waals surface area contributed by atoms with Gasteiger partial charge in [-0.2, -0.15) is 0 Å². The summed E-state index contributed by atoms with van der Waals surface area (Å²) in [5.41, 5.74) is 1.62. The zero-order valence-corrected chi connectivity index (χ0v) is 20.5. The van der Waals surface area contributed by atoms with Gasteiger partial charge < -0.3 is 14.8 Å². The van der Waals surface area contributed by atoms with Gasteiger partial charge in [-0.3, -0.25) is 9.10 Å². The average molecular weight is 509 g/mol. The molecule has 0 fully saturated rings. The SMILES string of the molecule is COc1ccc(S(=O)(=O)N(CC(=O)Nc2cc(Cl)cc(Cl)c2)c2ccc(C)cc2)cc1OC. The lowest BCUT2D eigenvalue weighted by atomic mass is 10.2. The summed E-state index contributed by atoms with van der Waals surface area (Å²) < 4.78 is 38.6. The van der Waals surface area contributed by atoms with Crippen LogP contribution in [0.5, 0.6) is 11.5 Å². The van der Waals surface area contributed by atoms with E-state index in [0.717, 1.165) is 9.87 Å². The zero-order valence-electron chi connectivity index (χ0n) is 18.1. The molecule has 3 rings (SSSR count). The van der Waals surface area contributed by atoms with Crippen LogP contribution in [-0.4, -0.2) is 35.1 Å². The van der Waals surface area contributed by atoms with E-state index in [0.29, 0.717) is 27.2 Å². The molecule has 0 bridgehead atoms. The Morgan fingerprint density at radius 2 is 1.52 bits per heavy atom. The predicted molar refractivity (Wildman–Crippen MR) is 130 cm³/mol. The second kappa shape index (κ2) is 10.3. The molecule has 3 aromatic rings. The van der Waals surface area contributed by atoms with Gasteiger partial charge in [0.2, 0.25) is 5.91 Å². The van der Waals surface area contributed by atoms with Crippen LogP contribution in [0.3, 0.4) is 0 Å². The molecule has 0 heterocycles. The summed E-state index contributed by atoms with van der Waals surface area (Å²) in [6, 6.07) is 15.6. The molecule has 0 atom stereocenters. The summed E-state index contributed by atoms with van der Waals surface area (Å²) in [6.45, 7) is 1.40. The van der Waals surface area contributed by atoms with Gasteiger partial charge in [0, 0.05) is 21.8 Å². The Balaban J connectivity index is 1.99. The zero-order chi connectivity index (χ0) is 24.2. The van der Waals surface area contributed by atoms with Crippen LogP contribution in [0.4, 0.5) is 11.4 Å². The van der Waals surface area contributed by atoms with Crippen molar-refractivity contribution in [2.45, 2.75) is 11.8 Å². The second-order valence-corrected chi connectivity index (χ2v) is 9.81. The third-order valence-electron chi connectivity index (χ3n) is 4.70. The fraction of sp³-hybridized carbons (Fsp3) is 0.174. The molecule has 10 heteroatoms. The van der Waals surface area contributed by atoms with Crippen LogP contribution in [0.25, 0.3) is 0 Å². The van der Waals surface area contributed by atoms with Crippen LogP contribution in [0.15, 0.2) is 65.6 Å². The average Bonchev–Trinajstić information content (AvgIpc) is 2.76. The maximum atomic E-state index is 13.6. The Labute approximate surface area is 202 Å². The van der Waals surface area contributed by atoms with E-state index in [1.54, 1.807) is 24.3 Å². The normalized spacial score (nSPS) is 11.1. The fourth-order valence-corrected chi connectivity index (χ4v) is 5.05. The number of benzene rings is 3. The summed E-state index contributed by atoms with van der Waals surface area (Å²) in [5, 5.41) is 3.32. The summed E-state index contributed by atoms with van der Waals surface area (Å²) in [7, 11) is -1.28. The molecule has 1 N–H and O–H groups in total. The fourth-order valence-electron chi connectivity index (χ4n) is 3.09. The molecule has 0 spiro atoms. The summed E-state index contributed by atoms with van der Waals surface area (Å²) in [5.74, 6) is 0.0623. The molecule has 0 aromatic heterocycles. The quantitative estimate of drug-likeness (QED) is 0.454. The van der Waals surface area contributed by atoms with Crippen molar-refractivity contribution in [1.82, 2.24) is 0 Å². The van der Waals surface area contributed by atoms with E-state index >= 15 is 0 Å². The third-order valence-corrected chi connectivity index (χ3v) is 6.90. The van der Waals surface area contributed by atoms with Crippen molar-refractivity contribution in [3.63, 3.8) is 0 Å². The van der Waals surface area contributed by atoms with Gasteiger partial charge in [-0.15, -0.1) is 0 Å². The van der Waals surface area contributed by atoms with Gasteiger partial charge in [0.1, 0.15) is 6.54 Å². The third kappa shape index (κ3) is 5.90. The van der Waals surface area contributed by atoms with Crippen LogP contribution in [0, 0.1) is 6.92 Å². The first-order valence-electron chi connectivity index (χ1n) is 9.71. The maximum Gasteiger partial charge on any atom is 0.264 e. The van der Waals surface area contributed by atoms with E-state index in [1.165, 1.54) is 50.6 Å². The number of methoxy groups -OCH3 is 2. The molecule has 174 valence electrons. The van der Waals surface area contributed by atoms with Gasteiger partial charge in [0.25, 0.3) is 10.0 Å². The number of carbonyl (C=O) groups excluding carboxylic acids is 1. The molecule has 1 amide bonds. The Kier molecular flexibility index (Phi) is 7.73. The number of carbonyl (C=O) groups is 1. The molecule has 0 aliphatic rings. The number of nitrogens with zero attached hydrogens (tertiary/aromatic N) is 1. The highest BCUT2D eigenvalue weighted by Gasteiger charge is 2.28. The van der Waals surface area contributed by atoms with Crippen molar-refractivity contribution in [3.05, 3.63) is 76.3 Å². The van der Waals surface area contributed by atoms with Crippen molar-refractivity contribution in [2.24, 2.45) is 0 Å². The van der Waals surface area contributed by atoms with Gasteiger partial charge in [-0.1, -0.05) is 40.9 Å². The van der Waals surface area contributed by atoms with Crippen molar-refractivity contribution in [2.75, 3.05) is 30.4 Å². The lowest BCUT2D eigenvalue weighted by Crippen LogP contribution is -2.38. The van der Waals surface area contributed by atoms with Crippen LogP contribution < -0.4 is 19.1 Å². The minimum atomic E-state index is -4.14. The number of rotatable bonds is 8. The van der Waals surface area contributed by atoms with E-state index in [-0.39, 0.29) is 10.6 Å². The number of halogens is 2. The Bertz CT molecular complexity index is 1240. The maximum absolute atomic E-state index is 13.6. The molecule has 0 aliphatic heterocycles. The number of hydrogen-bond donors (Lipinski definition) is 1. The molecular formula is C23H22Cl2N2O5S. The van der Waals surface area contributed by atoms with E-state index in [9.17, 15) is 13.2 Å². The van der Waals surface area contributed by atoms with Crippen molar-refractivity contribution in [3.8, 4) is 11.5 Å². The minimum absolute atomic E-state index is 0.0562. The van der Waals surface area contributed by atoms with Crippen LogP contribution >= 0.6 is 23.2 Å². The number of amides is 1. The Morgan fingerprint density at radius 3 is 2.09 bits per heavy atom. The Morgan fingerprint density at radius 1 is 0.909 bits per heavy atom. The highest BCUT2D eigenvalue weighted by atomic mass is 35.5. The Hall–Kier alpha value is -2.94. The topological polar surface area (TPSA) is 84.9 Å². The number of sulfonamides is 1. The summed E-state index contributed by atoms with van der Waals surface area (Å²) in [6.07, 6.45) is 0. The van der Waals surface area contributed by atoms with E-state index in [1.807, 2.05) is 6.92 Å². The summed E-state index contributed by atoms with van der Waals surface area (Å²) in [4.78, 5) is 12.8. The first-order chi connectivity index (χ1) is 15.6. The first-order valence-corrected chi connectivity index (χ1v) is 11.9. The first kappa shape index (κ1) is 24.7. The second-order valence-electron chi connectivity index (χ2n) is 7.07. The lowest BCUT2D eigenvalue weighted by molar-refractivity contribution is -0.114. The number of anilines is 2. The highest BCUT2D eigenvalue weighted by Crippen LogP contribution is 2.32. The van der Waals surface area contributed by atoms with Crippen molar-refractivity contribution >= 4 is 50.5 Å². The lowest BCUT2D eigenvalue weighted by Gasteiger charge is -2.24. The molecule has 0 saturated heterocycles. The monoisotopic (exact) mass is 508 g/mol. The standard InChI is InChI=1S/C23H22Cl2N2O5S/c1-15-4-6-19(7-5-15)27(14-23(28)26-18-11-16(24)10-17(25)12-18)33(29,30)20-8-9-21(31-2)22(13-20)32-3/h4-13H,14H2,1-3H3,(H,26,28). The smallest absolute Gasteiger partial charge is 0.264 e. The highest BCUT2D eigenvalue weighted by molar-refractivity contribution is 7.92. The van der Waals surface area contributed by atoms with E-state index < -0.39 is 22.5 Å². The number of aryl methyl sites for hydroxylation is 1. The number of nitrogens with one attached hydrogen (secondary N) is 1. The van der Waals surface area contributed by atoms with Gasteiger partial charge in [-0.05, 0) is 49.4 Å². The molecule has 0 aliphatic carbocycles. The molecule has 3 aromatic carbocycles. The molecule has 0 radical (unpaired) electrons. The molecule has 7 nitrogen and oxygen atoms in total. The van der Waals surface area contributed by atoms with Gasteiger partial charge >= 0.3 is 0 Å². The van der Waals surface area contributed by atoms with E-state index in [4.69, 9.17) is 32.7 Å². The molecule has 0 saturated carbocycles. The van der Waals surface area contributed by atoms with E-state index in [2.05, 4.69) is 5.32 Å². The van der Waals surface area contributed by atoms with Crippen LogP contribution in [0.2, 0.25) is 10.0 Å². The molecule has 33 heavy (non-hydrogen) atoms. The van der Waals surface area contributed by atoms with Crippen molar-refractivity contribution in [1.29, 1.82) is 0 Å². The largest absolute Gasteiger partial charge is 0.493 e. The number of hydrogen-bond acceptors (Lipinski definition) is 5. The predicted octanol–water partition coefficient (Wildman–Crippen LogP) is 5.15. The number of ether oxygens (including phenoxy) is 2. The molecular weight excluding hydrogens is 487 g/mol. The van der Waals surface area contributed by atoms with Gasteiger partial charge in [0.05, 0.1) is 24.8 Å². The summed E-state index contributed by atoms with van der Waals surface area (Å²) >= 11 is 12.0. The van der Waals surface area contributed by atoms with Crippen molar-refractivity contribution < 1.29 is 22.7 Å².